The van der Waals surface area contributed by atoms with Crippen LogP contribution in [0.5, 0.6) is 11.5 Å². The van der Waals surface area contributed by atoms with Crippen molar-refractivity contribution in [2.24, 2.45) is 0 Å². The summed E-state index contributed by atoms with van der Waals surface area (Å²) in [6.45, 7) is 5.11. The Bertz CT molecular complexity index is 1380. The number of para-hydroxylation sites is 1. The normalized spacial score (nSPS) is 19.2. The molecule has 8 nitrogen and oxygen atoms in total. The van der Waals surface area contributed by atoms with Gasteiger partial charge in [0.25, 0.3) is 0 Å². The number of anilines is 2. The molecule has 42 heavy (non-hydrogen) atoms. The number of methoxy groups -OCH3 is 1. The number of hydrogen-bond donors (Lipinski definition) is 3. The highest BCUT2D eigenvalue weighted by atomic mass is 32.3. The molecule has 0 amide bonds. The number of aliphatic carboxylic acids is 1. The van der Waals surface area contributed by atoms with Crippen molar-refractivity contribution in [1.29, 1.82) is 0 Å². The molecule has 0 aromatic heterocycles. The van der Waals surface area contributed by atoms with Gasteiger partial charge in [-0.1, -0.05) is 57.0 Å². The molecule has 3 aromatic rings. The van der Waals surface area contributed by atoms with Crippen LogP contribution in [0.1, 0.15) is 45.1 Å². The van der Waals surface area contributed by atoms with Gasteiger partial charge in [-0.2, -0.15) is 4.31 Å². The fourth-order valence-electron chi connectivity index (χ4n) is 5.39. The predicted molar refractivity (Wildman–Crippen MR) is 171 cm³/mol. The van der Waals surface area contributed by atoms with E-state index in [-0.39, 0.29) is 0 Å². The maximum atomic E-state index is 12.4. The minimum Gasteiger partial charge on any atom is -0.497 e. The topological polar surface area (TPSA) is 103 Å². The van der Waals surface area contributed by atoms with Crippen LogP contribution >= 0.6 is 22.5 Å². The summed E-state index contributed by atoms with van der Waals surface area (Å²) in [7, 11) is -1.96. The smallest absolute Gasteiger partial charge is 0.331 e. The molecule has 0 fully saturated rings. The molecule has 1 heterocycles. The van der Waals surface area contributed by atoms with Crippen molar-refractivity contribution in [2.45, 2.75) is 61.4 Å². The third-order valence-corrected chi connectivity index (χ3v) is 10.5. The maximum Gasteiger partial charge on any atom is 0.331 e. The van der Waals surface area contributed by atoms with Crippen LogP contribution < -0.4 is 14.4 Å². The average Bonchev–Trinajstić information content (AvgIpc) is 3.07. The van der Waals surface area contributed by atoms with E-state index in [2.05, 4.69) is 18.7 Å². The first kappa shape index (κ1) is 31.8. The standard InChI is InChI=1S/C32H40N2O6S2/c1-5-7-18-32(6-2)23-33(25-11-9-8-10-12-25)27-20-29(41-4)28(40-19-17-31(35)36)21-30(27)42(37,38)34(32)22-24-13-15-26(39-3)16-14-24/h8-17,19-21,37-38H,5-7,18,22-23H2,1-4H3,(H,35,36)/b19-17+. The van der Waals surface area contributed by atoms with E-state index in [9.17, 15) is 13.9 Å². The van der Waals surface area contributed by atoms with E-state index < -0.39 is 22.3 Å². The molecule has 3 aromatic carbocycles. The number of nitrogens with zero attached hydrogens (tertiary/aromatic N) is 2. The van der Waals surface area contributed by atoms with E-state index in [1.54, 1.807) is 13.2 Å². The van der Waals surface area contributed by atoms with E-state index in [1.165, 1.54) is 11.8 Å². The molecule has 226 valence electrons. The zero-order valence-corrected chi connectivity index (χ0v) is 26.2. The number of carboxylic acid groups (broad SMARTS) is 1. The lowest BCUT2D eigenvalue weighted by Gasteiger charge is -2.52. The summed E-state index contributed by atoms with van der Waals surface area (Å²) in [5.74, 6) is -0.0478. The van der Waals surface area contributed by atoms with Crippen molar-refractivity contribution < 1.29 is 28.5 Å². The molecular weight excluding hydrogens is 572 g/mol. The molecule has 1 unspecified atom stereocenters. The SMILES string of the molecule is CCCCC1(CC)CN(c2ccccc2)c2cc(SC)c(O/C=C/C(=O)O)cc2S(O)(O)N1Cc1ccc(OC)cc1. The molecule has 1 aliphatic heterocycles. The summed E-state index contributed by atoms with van der Waals surface area (Å²) in [4.78, 5) is 14.4. The van der Waals surface area contributed by atoms with Crippen molar-refractivity contribution in [3.63, 3.8) is 0 Å². The predicted octanol–water partition coefficient (Wildman–Crippen LogP) is 8.41. The summed E-state index contributed by atoms with van der Waals surface area (Å²) in [6.07, 6.45) is 7.28. The van der Waals surface area contributed by atoms with Crippen molar-refractivity contribution >= 4 is 39.9 Å². The molecule has 3 N–H and O–H groups in total. The number of rotatable bonds is 12. The van der Waals surface area contributed by atoms with Crippen molar-refractivity contribution in [1.82, 2.24) is 4.31 Å². The quantitative estimate of drug-likeness (QED) is 0.106. The second-order valence-electron chi connectivity index (χ2n) is 10.2. The first-order chi connectivity index (χ1) is 20.2. The Morgan fingerprint density at radius 2 is 1.81 bits per heavy atom. The number of fused-ring (bicyclic) bond motifs is 1. The van der Waals surface area contributed by atoms with E-state index in [1.807, 2.05) is 71.2 Å². The Hall–Kier alpha value is -3.15. The lowest BCUT2D eigenvalue weighted by atomic mass is 9.88. The Labute approximate surface area is 254 Å². The molecule has 0 spiro atoms. The number of hydrogen-bond acceptors (Lipinski definition) is 8. The Morgan fingerprint density at radius 1 is 1.10 bits per heavy atom. The van der Waals surface area contributed by atoms with E-state index in [0.29, 0.717) is 35.8 Å². The number of unbranched alkanes of at least 4 members (excludes halogenated alkanes) is 1. The van der Waals surface area contributed by atoms with E-state index >= 15 is 0 Å². The highest BCUT2D eigenvalue weighted by Gasteiger charge is 2.48. The molecule has 4 rings (SSSR count). The molecule has 0 saturated carbocycles. The number of thioether (sulfide) groups is 1. The zero-order valence-electron chi connectivity index (χ0n) is 24.5. The summed E-state index contributed by atoms with van der Waals surface area (Å²) in [6, 6.07) is 21.3. The first-order valence-electron chi connectivity index (χ1n) is 14.0. The summed E-state index contributed by atoms with van der Waals surface area (Å²) >= 11 is 1.45. The van der Waals surface area contributed by atoms with Crippen LogP contribution in [0.4, 0.5) is 11.4 Å². The van der Waals surface area contributed by atoms with Gasteiger partial charge in [0.05, 0.1) is 35.6 Å². The molecular formula is C32H40N2O6S2. The lowest BCUT2D eigenvalue weighted by molar-refractivity contribution is -0.131. The minimum atomic E-state index is -3.58. The third-order valence-electron chi connectivity index (χ3n) is 7.73. The van der Waals surface area contributed by atoms with Gasteiger partial charge in [0, 0.05) is 24.8 Å². The maximum absolute atomic E-state index is 12.4. The fourth-order valence-corrected chi connectivity index (χ4v) is 8.03. The number of carbonyl (C=O) groups is 1. The average molecular weight is 613 g/mol. The lowest BCUT2D eigenvalue weighted by Crippen LogP contribution is -2.53. The molecule has 10 heteroatoms. The van der Waals surface area contributed by atoms with E-state index in [4.69, 9.17) is 14.6 Å². The molecule has 0 aliphatic carbocycles. The summed E-state index contributed by atoms with van der Waals surface area (Å²) in [5.41, 5.74) is 1.97. The van der Waals surface area contributed by atoms with Gasteiger partial charge in [-0.15, -0.1) is 22.5 Å². The molecule has 0 saturated heterocycles. The fraction of sp³-hybridized carbons (Fsp3) is 0.344. The molecule has 1 aliphatic rings. The Balaban J connectivity index is 1.97. The second kappa shape index (κ2) is 13.9. The van der Waals surface area contributed by atoms with Gasteiger partial charge in [-0.05, 0) is 55.0 Å². The summed E-state index contributed by atoms with van der Waals surface area (Å²) < 4.78 is 37.8. The van der Waals surface area contributed by atoms with E-state index in [0.717, 1.165) is 53.5 Å². The van der Waals surface area contributed by atoms with Gasteiger partial charge in [0.2, 0.25) is 0 Å². The molecule has 1 atom stereocenters. The highest BCUT2D eigenvalue weighted by Crippen LogP contribution is 2.64. The van der Waals surface area contributed by atoms with Gasteiger partial charge in [-0.25, -0.2) is 4.79 Å². The van der Waals surface area contributed by atoms with Gasteiger partial charge >= 0.3 is 5.97 Å². The van der Waals surface area contributed by atoms with Crippen LogP contribution in [0.3, 0.4) is 0 Å². The minimum absolute atomic E-state index is 0.311. The van der Waals surface area contributed by atoms with Crippen LogP contribution in [-0.2, 0) is 11.3 Å². The number of ether oxygens (including phenoxy) is 2. The number of carboxylic acids is 1. The monoisotopic (exact) mass is 612 g/mol. The van der Waals surface area contributed by atoms with Crippen LogP contribution in [0, 0.1) is 0 Å². The van der Waals surface area contributed by atoms with Gasteiger partial charge < -0.3 is 19.5 Å². The van der Waals surface area contributed by atoms with Crippen molar-refractivity contribution in [3.05, 3.63) is 84.6 Å². The largest absolute Gasteiger partial charge is 0.497 e. The van der Waals surface area contributed by atoms with Gasteiger partial charge in [-0.3, -0.25) is 9.11 Å². The number of benzene rings is 3. The Morgan fingerprint density at radius 3 is 2.40 bits per heavy atom. The third kappa shape index (κ3) is 6.74. The van der Waals surface area contributed by atoms with Crippen LogP contribution in [0.15, 0.2) is 88.9 Å². The molecule has 0 bridgehead atoms. The first-order valence-corrected chi connectivity index (χ1v) is 16.7. The van der Waals surface area contributed by atoms with Crippen LogP contribution in [0.25, 0.3) is 0 Å². The van der Waals surface area contributed by atoms with Crippen LogP contribution in [0.2, 0.25) is 0 Å². The Kier molecular flexibility index (Phi) is 10.5. The van der Waals surface area contributed by atoms with Gasteiger partial charge in [0.15, 0.2) is 0 Å². The van der Waals surface area contributed by atoms with Crippen LogP contribution in [-0.4, -0.2) is 49.9 Å². The summed E-state index contributed by atoms with van der Waals surface area (Å²) in [5, 5.41) is 9.09. The highest BCUT2D eigenvalue weighted by molar-refractivity contribution is 8.22. The molecule has 0 radical (unpaired) electrons. The van der Waals surface area contributed by atoms with Crippen molar-refractivity contribution in [2.75, 3.05) is 24.8 Å². The van der Waals surface area contributed by atoms with Gasteiger partial charge in [0.1, 0.15) is 16.4 Å². The van der Waals surface area contributed by atoms with Crippen molar-refractivity contribution in [3.8, 4) is 11.5 Å². The second-order valence-corrected chi connectivity index (χ2v) is 13.0. The zero-order chi connectivity index (χ0) is 30.3.